The Morgan fingerprint density at radius 1 is 1.41 bits per heavy atom. The molecule has 1 aliphatic rings. The molecule has 0 aliphatic carbocycles. The maximum Gasteiger partial charge on any atom is 0.335 e. The number of rotatable bonds is 2. The van der Waals surface area contributed by atoms with E-state index in [1.165, 1.54) is 6.07 Å². The largest absolute Gasteiger partial charge is 0.478 e. The van der Waals surface area contributed by atoms with Crippen LogP contribution in [0, 0.1) is 6.92 Å². The van der Waals surface area contributed by atoms with Gasteiger partial charge < -0.3 is 14.7 Å². The highest BCUT2D eigenvalue weighted by Gasteiger charge is 2.17. The number of ether oxygens (including phenoxy) is 1. The van der Waals surface area contributed by atoms with Crippen LogP contribution in [0.5, 0.6) is 0 Å². The second-order valence-electron chi connectivity index (χ2n) is 4.01. The fourth-order valence-electron chi connectivity index (χ4n) is 1.92. The Balaban J connectivity index is 2.40. The Labute approximate surface area is 105 Å². The molecule has 2 rings (SSSR count). The van der Waals surface area contributed by atoms with Crippen molar-refractivity contribution in [1.82, 2.24) is 0 Å². The summed E-state index contributed by atoms with van der Waals surface area (Å²) in [5, 5.41) is 9.51. The van der Waals surface area contributed by atoms with E-state index in [1.807, 2.05) is 6.92 Å². The van der Waals surface area contributed by atoms with Gasteiger partial charge in [-0.05, 0) is 24.6 Å². The highest BCUT2D eigenvalue weighted by atomic mass is 35.5. The Morgan fingerprint density at radius 3 is 2.65 bits per heavy atom. The first-order valence-corrected chi connectivity index (χ1v) is 5.83. The van der Waals surface area contributed by atoms with Crippen LogP contribution in [-0.2, 0) is 4.74 Å². The van der Waals surface area contributed by atoms with E-state index < -0.39 is 5.97 Å². The van der Waals surface area contributed by atoms with Gasteiger partial charge in [0.15, 0.2) is 0 Å². The molecule has 1 aliphatic heterocycles. The van der Waals surface area contributed by atoms with Crippen LogP contribution in [0.2, 0.25) is 5.02 Å². The molecule has 0 spiro atoms. The molecule has 17 heavy (non-hydrogen) atoms. The quantitative estimate of drug-likeness (QED) is 0.880. The predicted molar refractivity (Wildman–Crippen MR) is 66.2 cm³/mol. The lowest BCUT2D eigenvalue weighted by Crippen LogP contribution is -2.36. The summed E-state index contributed by atoms with van der Waals surface area (Å²) < 4.78 is 5.28. The molecular weight excluding hydrogens is 242 g/mol. The zero-order valence-corrected chi connectivity index (χ0v) is 10.3. The van der Waals surface area contributed by atoms with Gasteiger partial charge in [-0.1, -0.05) is 11.6 Å². The third-order valence-corrected chi connectivity index (χ3v) is 3.31. The molecule has 1 aromatic rings. The van der Waals surface area contributed by atoms with E-state index in [4.69, 9.17) is 21.4 Å². The van der Waals surface area contributed by atoms with Crippen LogP contribution in [0.1, 0.15) is 15.9 Å². The van der Waals surface area contributed by atoms with Crippen molar-refractivity contribution < 1.29 is 14.6 Å². The molecule has 92 valence electrons. The number of carbonyl (C=O) groups is 1. The molecule has 1 N–H and O–H groups in total. The summed E-state index contributed by atoms with van der Waals surface area (Å²) in [7, 11) is 0. The number of hydrogen-bond donors (Lipinski definition) is 1. The van der Waals surface area contributed by atoms with Gasteiger partial charge in [-0.25, -0.2) is 4.79 Å². The minimum Gasteiger partial charge on any atom is -0.478 e. The zero-order chi connectivity index (χ0) is 12.4. The zero-order valence-electron chi connectivity index (χ0n) is 9.57. The number of anilines is 1. The van der Waals surface area contributed by atoms with E-state index in [0.29, 0.717) is 18.2 Å². The number of aromatic carboxylic acids is 1. The fraction of sp³-hybridized carbons (Fsp3) is 0.417. The van der Waals surface area contributed by atoms with Gasteiger partial charge in [0.2, 0.25) is 0 Å². The first-order valence-electron chi connectivity index (χ1n) is 5.45. The number of hydrogen-bond acceptors (Lipinski definition) is 3. The van der Waals surface area contributed by atoms with Crippen LogP contribution < -0.4 is 4.90 Å². The van der Waals surface area contributed by atoms with Gasteiger partial charge in [0.05, 0.1) is 18.8 Å². The molecule has 1 fully saturated rings. The van der Waals surface area contributed by atoms with Crippen LogP contribution in [-0.4, -0.2) is 37.4 Å². The number of benzene rings is 1. The SMILES string of the molecule is Cc1c(Cl)cc(C(=O)O)cc1N1CCOCC1. The summed E-state index contributed by atoms with van der Waals surface area (Å²) in [6.07, 6.45) is 0. The van der Waals surface area contributed by atoms with E-state index in [9.17, 15) is 4.79 Å². The number of nitrogens with zero attached hydrogens (tertiary/aromatic N) is 1. The van der Waals surface area contributed by atoms with Crippen molar-refractivity contribution in [3.63, 3.8) is 0 Å². The maximum absolute atomic E-state index is 11.0. The van der Waals surface area contributed by atoms with E-state index >= 15 is 0 Å². The van der Waals surface area contributed by atoms with E-state index in [1.54, 1.807) is 6.07 Å². The molecule has 0 aromatic heterocycles. The van der Waals surface area contributed by atoms with Crippen molar-refractivity contribution in [2.45, 2.75) is 6.92 Å². The van der Waals surface area contributed by atoms with Crippen molar-refractivity contribution in [3.05, 3.63) is 28.3 Å². The second kappa shape index (κ2) is 4.94. The molecule has 5 heteroatoms. The maximum atomic E-state index is 11.0. The van der Waals surface area contributed by atoms with Crippen molar-refractivity contribution in [1.29, 1.82) is 0 Å². The fourth-order valence-corrected chi connectivity index (χ4v) is 2.13. The molecule has 1 heterocycles. The molecule has 0 atom stereocenters. The van der Waals surface area contributed by atoms with E-state index in [2.05, 4.69) is 4.90 Å². The first-order chi connectivity index (χ1) is 8.09. The molecule has 1 aromatic carbocycles. The molecule has 0 unspecified atom stereocenters. The van der Waals surface area contributed by atoms with E-state index in [0.717, 1.165) is 24.3 Å². The smallest absolute Gasteiger partial charge is 0.335 e. The number of carboxylic acids is 1. The average molecular weight is 256 g/mol. The summed E-state index contributed by atoms with van der Waals surface area (Å²) in [4.78, 5) is 13.1. The molecule has 0 radical (unpaired) electrons. The van der Waals surface area contributed by atoms with Crippen LogP contribution in [0.4, 0.5) is 5.69 Å². The Hall–Kier alpha value is -1.26. The van der Waals surface area contributed by atoms with Gasteiger partial charge in [0.25, 0.3) is 0 Å². The molecule has 1 saturated heterocycles. The van der Waals surface area contributed by atoms with E-state index in [-0.39, 0.29) is 5.56 Å². The van der Waals surface area contributed by atoms with Crippen molar-refractivity contribution in [2.75, 3.05) is 31.2 Å². The second-order valence-corrected chi connectivity index (χ2v) is 4.41. The minimum absolute atomic E-state index is 0.224. The highest BCUT2D eigenvalue weighted by Crippen LogP contribution is 2.29. The Morgan fingerprint density at radius 2 is 2.06 bits per heavy atom. The van der Waals surface area contributed by atoms with Gasteiger partial charge in [0, 0.05) is 23.8 Å². The minimum atomic E-state index is -0.957. The van der Waals surface area contributed by atoms with Gasteiger partial charge in [-0.3, -0.25) is 0 Å². The normalized spacial score (nSPS) is 16.0. The van der Waals surface area contributed by atoms with Crippen molar-refractivity contribution in [2.24, 2.45) is 0 Å². The van der Waals surface area contributed by atoms with Crippen LogP contribution in [0.15, 0.2) is 12.1 Å². The summed E-state index contributed by atoms with van der Waals surface area (Å²) in [6.45, 7) is 4.75. The summed E-state index contributed by atoms with van der Waals surface area (Å²) >= 11 is 6.06. The molecule has 0 saturated carbocycles. The van der Waals surface area contributed by atoms with Crippen LogP contribution in [0.25, 0.3) is 0 Å². The summed E-state index contributed by atoms with van der Waals surface area (Å²) in [6, 6.07) is 3.16. The Bertz CT molecular complexity index is 442. The topological polar surface area (TPSA) is 49.8 Å². The third-order valence-electron chi connectivity index (χ3n) is 2.92. The number of halogens is 1. The van der Waals surface area contributed by atoms with Gasteiger partial charge in [-0.2, -0.15) is 0 Å². The third kappa shape index (κ3) is 2.53. The highest BCUT2D eigenvalue weighted by molar-refractivity contribution is 6.32. The summed E-state index contributed by atoms with van der Waals surface area (Å²) in [5.41, 5.74) is 2.03. The molecule has 4 nitrogen and oxygen atoms in total. The molecular formula is C12H14ClNO3. The predicted octanol–water partition coefficient (Wildman–Crippen LogP) is 2.18. The molecule has 0 bridgehead atoms. The standard InChI is InChI=1S/C12H14ClNO3/c1-8-10(13)6-9(12(15)16)7-11(8)14-2-4-17-5-3-14/h6-7H,2-5H2,1H3,(H,15,16). The van der Waals surface area contributed by atoms with Gasteiger partial charge >= 0.3 is 5.97 Å². The molecule has 0 amide bonds. The first kappa shape index (κ1) is 12.2. The van der Waals surface area contributed by atoms with Crippen molar-refractivity contribution >= 4 is 23.3 Å². The number of morpholine rings is 1. The van der Waals surface area contributed by atoms with Gasteiger partial charge in [0.1, 0.15) is 0 Å². The van der Waals surface area contributed by atoms with Crippen molar-refractivity contribution in [3.8, 4) is 0 Å². The lowest BCUT2D eigenvalue weighted by atomic mass is 10.1. The van der Waals surface area contributed by atoms with Crippen LogP contribution >= 0.6 is 11.6 Å². The summed E-state index contributed by atoms with van der Waals surface area (Å²) in [5.74, 6) is -0.957. The lowest BCUT2D eigenvalue weighted by Gasteiger charge is -2.30. The Kier molecular flexibility index (Phi) is 3.54. The van der Waals surface area contributed by atoms with Gasteiger partial charge in [-0.15, -0.1) is 0 Å². The lowest BCUT2D eigenvalue weighted by molar-refractivity contribution is 0.0697. The van der Waals surface area contributed by atoms with Crippen LogP contribution in [0.3, 0.4) is 0 Å². The monoisotopic (exact) mass is 255 g/mol. The number of carboxylic acid groups (broad SMARTS) is 1. The average Bonchev–Trinajstić information content (AvgIpc) is 2.33.